The summed E-state index contributed by atoms with van der Waals surface area (Å²) >= 11 is 6.05. The topological polar surface area (TPSA) is 79.5 Å². The molecule has 1 saturated heterocycles. The number of sulfonamides is 1. The third-order valence-electron chi connectivity index (χ3n) is 5.81. The van der Waals surface area contributed by atoms with E-state index in [1.807, 2.05) is 39.0 Å². The molecule has 164 valence electrons. The third kappa shape index (κ3) is 4.52. The summed E-state index contributed by atoms with van der Waals surface area (Å²) in [5.41, 5.74) is 2.82. The summed E-state index contributed by atoms with van der Waals surface area (Å²) in [6.45, 7) is 7.88. The molecular formula is C22H25ClN4O3S. The molecule has 0 radical (unpaired) electrons. The first-order valence-electron chi connectivity index (χ1n) is 10.2. The van der Waals surface area contributed by atoms with Crippen molar-refractivity contribution in [2.75, 3.05) is 26.2 Å². The summed E-state index contributed by atoms with van der Waals surface area (Å²) < 4.78 is 33.5. The Hall–Kier alpha value is -2.26. The third-order valence-corrected chi connectivity index (χ3v) is 7.94. The van der Waals surface area contributed by atoms with Gasteiger partial charge >= 0.3 is 0 Å². The van der Waals surface area contributed by atoms with E-state index in [2.05, 4.69) is 15.1 Å². The van der Waals surface area contributed by atoms with Crippen LogP contribution < -0.4 is 0 Å². The molecule has 1 fully saturated rings. The lowest BCUT2D eigenvalue weighted by atomic mass is 10.1. The second-order valence-corrected chi connectivity index (χ2v) is 10.2. The number of hydrogen-bond acceptors (Lipinski definition) is 6. The smallest absolute Gasteiger partial charge is 0.247 e. The molecule has 0 saturated carbocycles. The van der Waals surface area contributed by atoms with Gasteiger partial charge in [-0.05, 0) is 62.2 Å². The molecule has 0 aliphatic carbocycles. The lowest BCUT2D eigenvalue weighted by Crippen LogP contribution is -2.49. The van der Waals surface area contributed by atoms with Crippen LogP contribution in [0.25, 0.3) is 11.5 Å². The van der Waals surface area contributed by atoms with E-state index in [9.17, 15) is 8.42 Å². The van der Waals surface area contributed by atoms with Crippen LogP contribution in [0.2, 0.25) is 5.02 Å². The summed E-state index contributed by atoms with van der Waals surface area (Å²) in [7, 11) is -3.51. The number of hydrogen-bond donors (Lipinski definition) is 0. The fraction of sp³-hybridized carbons (Fsp3) is 0.364. The minimum atomic E-state index is -3.51. The van der Waals surface area contributed by atoms with Gasteiger partial charge in [0.2, 0.25) is 21.8 Å². The van der Waals surface area contributed by atoms with Crippen LogP contribution in [-0.2, 0) is 10.0 Å². The molecule has 7 nitrogen and oxygen atoms in total. The Kier molecular flexibility index (Phi) is 6.16. The standard InChI is InChI=1S/C22H25ClN4O3S/c1-15-7-8-20(13-16(15)2)31(28,29)27-11-9-26(10-12-27)17(3)21-24-25-22(30-21)18-5-4-6-19(23)14-18/h4-8,13-14,17H,9-12H2,1-3H3. The monoisotopic (exact) mass is 460 g/mol. The molecule has 1 aliphatic heterocycles. The Morgan fingerprint density at radius 2 is 1.74 bits per heavy atom. The molecule has 0 amide bonds. The fourth-order valence-corrected chi connectivity index (χ4v) is 5.35. The number of aryl methyl sites for hydroxylation is 2. The van der Waals surface area contributed by atoms with Crippen LogP contribution in [0.1, 0.15) is 30.0 Å². The van der Waals surface area contributed by atoms with Gasteiger partial charge in [0.15, 0.2) is 0 Å². The Bertz CT molecular complexity index is 1190. The first-order chi connectivity index (χ1) is 14.8. The maximum Gasteiger partial charge on any atom is 0.247 e. The lowest BCUT2D eigenvalue weighted by Gasteiger charge is -2.36. The largest absolute Gasteiger partial charge is 0.419 e. The summed E-state index contributed by atoms with van der Waals surface area (Å²) in [4.78, 5) is 2.50. The van der Waals surface area contributed by atoms with Crippen LogP contribution in [-0.4, -0.2) is 54.0 Å². The quantitative estimate of drug-likeness (QED) is 0.571. The minimum absolute atomic E-state index is 0.119. The normalized spacial score (nSPS) is 17.0. The molecule has 0 N–H and O–H groups in total. The van der Waals surface area contributed by atoms with Crippen molar-refractivity contribution in [3.05, 3.63) is 64.5 Å². The molecule has 9 heteroatoms. The molecule has 1 unspecified atom stereocenters. The van der Waals surface area contributed by atoms with Crippen LogP contribution in [0, 0.1) is 13.8 Å². The molecule has 4 rings (SSSR count). The van der Waals surface area contributed by atoms with Crippen molar-refractivity contribution >= 4 is 21.6 Å². The van der Waals surface area contributed by atoms with Crippen molar-refractivity contribution in [3.63, 3.8) is 0 Å². The van der Waals surface area contributed by atoms with Gasteiger partial charge in [0.05, 0.1) is 10.9 Å². The predicted molar refractivity (Wildman–Crippen MR) is 119 cm³/mol. The molecule has 3 aromatic rings. The van der Waals surface area contributed by atoms with Crippen molar-refractivity contribution in [1.82, 2.24) is 19.4 Å². The maximum atomic E-state index is 13.0. The average molecular weight is 461 g/mol. The van der Waals surface area contributed by atoms with Crippen LogP contribution in [0.4, 0.5) is 0 Å². The summed E-state index contributed by atoms with van der Waals surface area (Å²) in [5.74, 6) is 0.917. The Morgan fingerprint density at radius 1 is 1.00 bits per heavy atom. The SMILES string of the molecule is Cc1ccc(S(=O)(=O)N2CCN(C(C)c3nnc(-c4cccc(Cl)c4)o3)CC2)cc1C. The van der Waals surface area contributed by atoms with Crippen molar-refractivity contribution in [2.45, 2.75) is 31.7 Å². The Balaban J connectivity index is 1.43. The molecule has 1 atom stereocenters. The van der Waals surface area contributed by atoms with Crippen LogP contribution >= 0.6 is 11.6 Å². The summed E-state index contributed by atoms with van der Waals surface area (Å²) in [6.07, 6.45) is 0. The second kappa shape index (κ2) is 8.70. The van der Waals surface area contributed by atoms with Crippen molar-refractivity contribution < 1.29 is 12.8 Å². The average Bonchev–Trinajstić information content (AvgIpc) is 3.25. The van der Waals surface area contributed by atoms with Crippen LogP contribution in [0.15, 0.2) is 51.8 Å². The molecule has 1 aliphatic rings. The highest BCUT2D eigenvalue weighted by atomic mass is 35.5. The fourth-order valence-electron chi connectivity index (χ4n) is 3.65. The first kappa shape index (κ1) is 22.0. The van der Waals surface area contributed by atoms with Gasteiger partial charge in [0.1, 0.15) is 0 Å². The zero-order valence-electron chi connectivity index (χ0n) is 17.7. The number of halogens is 1. The molecular weight excluding hydrogens is 436 g/mol. The van der Waals surface area contributed by atoms with Gasteiger partial charge < -0.3 is 4.42 Å². The van der Waals surface area contributed by atoms with Gasteiger partial charge in [0.25, 0.3) is 0 Å². The van der Waals surface area contributed by atoms with Crippen molar-refractivity contribution in [2.24, 2.45) is 0 Å². The Morgan fingerprint density at radius 3 is 2.42 bits per heavy atom. The number of benzene rings is 2. The molecule has 31 heavy (non-hydrogen) atoms. The van der Waals surface area contributed by atoms with Crippen molar-refractivity contribution in [3.8, 4) is 11.5 Å². The van der Waals surface area contributed by atoms with E-state index in [1.54, 1.807) is 28.6 Å². The first-order valence-corrected chi connectivity index (χ1v) is 12.0. The highest BCUT2D eigenvalue weighted by Gasteiger charge is 2.32. The zero-order valence-corrected chi connectivity index (χ0v) is 19.3. The van der Waals surface area contributed by atoms with Crippen LogP contribution in [0.3, 0.4) is 0 Å². The van der Waals surface area contributed by atoms with E-state index < -0.39 is 10.0 Å². The maximum absolute atomic E-state index is 13.0. The van der Waals surface area contributed by atoms with Gasteiger partial charge in [-0.2, -0.15) is 4.31 Å². The van der Waals surface area contributed by atoms with E-state index in [1.165, 1.54) is 0 Å². The van der Waals surface area contributed by atoms with Gasteiger partial charge in [-0.1, -0.05) is 23.7 Å². The van der Waals surface area contributed by atoms with E-state index in [0.29, 0.717) is 47.9 Å². The van der Waals surface area contributed by atoms with E-state index >= 15 is 0 Å². The number of nitrogens with zero attached hydrogens (tertiary/aromatic N) is 4. The zero-order chi connectivity index (χ0) is 22.2. The minimum Gasteiger partial charge on any atom is -0.419 e. The van der Waals surface area contributed by atoms with Crippen molar-refractivity contribution in [1.29, 1.82) is 0 Å². The second-order valence-electron chi connectivity index (χ2n) is 7.82. The number of aromatic nitrogens is 2. The van der Waals surface area contributed by atoms with Gasteiger partial charge in [-0.25, -0.2) is 8.42 Å². The molecule has 0 bridgehead atoms. The van der Waals surface area contributed by atoms with Gasteiger partial charge in [-0.3, -0.25) is 4.90 Å². The predicted octanol–water partition coefficient (Wildman–Crippen LogP) is 4.07. The lowest BCUT2D eigenvalue weighted by molar-refractivity contribution is 0.129. The number of rotatable bonds is 5. The summed E-state index contributed by atoms with van der Waals surface area (Å²) in [6, 6.07) is 12.4. The molecule has 1 aromatic heterocycles. The van der Waals surface area contributed by atoms with Gasteiger partial charge in [0, 0.05) is 36.8 Å². The highest BCUT2D eigenvalue weighted by Crippen LogP contribution is 2.27. The van der Waals surface area contributed by atoms with Crippen LogP contribution in [0.5, 0.6) is 0 Å². The highest BCUT2D eigenvalue weighted by molar-refractivity contribution is 7.89. The van der Waals surface area contributed by atoms with Gasteiger partial charge in [-0.15, -0.1) is 10.2 Å². The Labute approximate surface area is 187 Å². The molecule has 2 aromatic carbocycles. The molecule has 2 heterocycles. The summed E-state index contributed by atoms with van der Waals surface area (Å²) in [5, 5.41) is 8.94. The van der Waals surface area contributed by atoms with E-state index in [0.717, 1.165) is 16.7 Å². The molecule has 0 spiro atoms. The van der Waals surface area contributed by atoms with E-state index in [4.69, 9.17) is 16.0 Å². The van der Waals surface area contributed by atoms with E-state index in [-0.39, 0.29) is 6.04 Å². The number of piperazine rings is 1.